The van der Waals surface area contributed by atoms with Gasteiger partial charge in [-0.25, -0.2) is 4.79 Å². The molecule has 0 saturated heterocycles. The standard InChI is InChI=1S/C21H20ClN5O2/c22-17-7-8-18(23)19(10-17)27-20(28)16-5-3-14(4-6-16)12-25-21(29)26-13-15-2-1-9-24-11-15/h1-11H,12-13,23H2,(H,27,28)(H2,25,26,29). The molecule has 1 aromatic heterocycles. The molecule has 3 amide bonds. The third-order valence-electron chi connectivity index (χ3n) is 4.11. The Morgan fingerprint density at radius 1 is 0.966 bits per heavy atom. The fourth-order valence-electron chi connectivity index (χ4n) is 2.54. The van der Waals surface area contributed by atoms with Gasteiger partial charge in [0.1, 0.15) is 0 Å². The van der Waals surface area contributed by atoms with Crippen LogP contribution in [0.1, 0.15) is 21.5 Å². The summed E-state index contributed by atoms with van der Waals surface area (Å²) in [6.07, 6.45) is 3.37. The van der Waals surface area contributed by atoms with Gasteiger partial charge in [-0.15, -0.1) is 0 Å². The number of hydrogen-bond acceptors (Lipinski definition) is 4. The Kier molecular flexibility index (Phi) is 6.65. The van der Waals surface area contributed by atoms with Crippen LogP contribution in [0.25, 0.3) is 0 Å². The van der Waals surface area contributed by atoms with Gasteiger partial charge in [-0.2, -0.15) is 0 Å². The van der Waals surface area contributed by atoms with Gasteiger partial charge in [0.2, 0.25) is 0 Å². The van der Waals surface area contributed by atoms with E-state index in [-0.39, 0.29) is 11.9 Å². The number of halogens is 1. The topological polar surface area (TPSA) is 109 Å². The van der Waals surface area contributed by atoms with Crippen molar-refractivity contribution in [3.05, 3.63) is 88.7 Å². The molecule has 0 aliphatic carbocycles. The molecule has 0 fully saturated rings. The number of aromatic nitrogens is 1. The first kappa shape index (κ1) is 20.2. The summed E-state index contributed by atoms with van der Waals surface area (Å²) in [7, 11) is 0. The molecule has 7 nitrogen and oxygen atoms in total. The van der Waals surface area contributed by atoms with Crippen LogP contribution in [0.5, 0.6) is 0 Å². The maximum Gasteiger partial charge on any atom is 0.315 e. The summed E-state index contributed by atoms with van der Waals surface area (Å²) in [5.74, 6) is -0.298. The van der Waals surface area contributed by atoms with Crippen LogP contribution in [0.2, 0.25) is 5.02 Å². The lowest BCUT2D eigenvalue weighted by Crippen LogP contribution is -2.34. The van der Waals surface area contributed by atoms with E-state index < -0.39 is 0 Å². The highest BCUT2D eigenvalue weighted by Gasteiger charge is 2.09. The molecule has 8 heteroatoms. The smallest absolute Gasteiger partial charge is 0.315 e. The quantitative estimate of drug-likeness (QED) is 0.466. The predicted molar refractivity (Wildman–Crippen MR) is 114 cm³/mol. The Labute approximate surface area is 173 Å². The van der Waals surface area contributed by atoms with Crippen molar-refractivity contribution in [2.75, 3.05) is 11.1 Å². The Morgan fingerprint density at radius 3 is 2.38 bits per heavy atom. The highest BCUT2D eigenvalue weighted by Crippen LogP contribution is 2.23. The zero-order chi connectivity index (χ0) is 20.6. The molecule has 3 aromatic rings. The van der Waals surface area contributed by atoms with Crippen LogP contribution in [0.15, 0.2) is 67.0 Å². The normalized spacial score (nSPS) is 10.2. The number of pyridine rings is 1. The summed E-state index contributed by atoms with van der Waals surface area (Å²) in [4.78, 5) is 28.3. The van der Waals surface area contributed by atoms with E-state index in [4.69, 9.17) is 17.3 Å². The van der Waals surface area contributed by atoms with E-state index in [0.717, 1.165) is 11.1 Å². The minimum absolute atomic E-state index is 0.285. The van der Waals surface area contributed by atoms with Crippen LogP contribution in [0.4, 0.5) is 16.2 Å². The highest BCUT2D eigenvalue weighted by molar-refractivity contribution is 6.31. The third kappa shape index (κ3) is 5.95. The van der Waals surface area contributed by atoms with Crippen molar-refractivity contribution in [2.24, 2.45) is 0 Å². The van der Waals surface area contributed by atoms with Crippen molar-refractivity contribution in [3.8, 4) is 0 Å². The average molecular weight is 410 g/mol. The van der Waals surface area contributed by atoms with Crippen molar-refractivity contribution in [1.29, 1.82) is 0 Å². The number of urea groups is 1. The molecule has 0 unspecified atom stereocenters. The second-order valence-electron chi connectivity index (χ2n) is 6.28. The Bertz CT molecular complexity index is 994. The first-order valence-electron chi connectivity index (χ1n) is 8.87. The summed E-state index contributed by atoms with van der Waals surface area (Å²) in [6.45, 7) is 0.730. The fourth-order valence-corrected chi connectivity index (χ4v) is 2.71. The molecule has 148 valence electrons. The number of anilines is 2. The number of carbonyl (C=O) groups excluding carboxylic acids is 2. The van der Waals surface area contributed by atoms with E-state index in [1.165, 1.54) is 0 Å². The molecule has 3 rings (SSSR count). The molecule has 0 bridgehead atoms. The molecule has 0 spiro atoms. The fraction of sp³-hybridized carbons (Fsp3) is 0.0952. The van der Waals surface area contributed by atoms with Crippen molar-refractivity contribution in [1.82, 2.24) is 15.6 Å². The SMILES string of the molecule is Nc1ccc(Cl)cc1NC(=O)c1ccc(CNC(=O)NCc2cccnc2)cc1. The molecular formula is C21H20ClN5O2. The Balaban J connectivity index is 1.50. The van der Waals surface area contributed by atoms with Gasteiger partial charge in [-0.1, -0.05) is 29.8 Å². The number of nitrogens with one attached hydrogen (secondary N) is 3. The highest BCUT2D eigenvalue weighted by atomic mass is 35.5. The lowest BCUT2D eigenvalue weighted by Gasteiger charge is -2.10. The summed E-state index contributed by atoms with van der Waals surface area (Å²) < 4.78 is 0. The van der Waals surface area contributed by atoms with Gasteiger partial charge >= 0.3 is 6.03 Å². The average Bonchev–Trinajstić information content (AvgIpc) is 2.74. The maximum atomic E-state index is 12.4. The van der Waals surface area contributed by atoms with Crippen LogP contribution in [-0.4, -0.2) is 16.9 Å². The van der Waals surface area contributed by atoms with Gasteiger partial charge in [0, 0.05) is 36.1 Å². The Hall–Kier alpha value is -3.58. The zero-order valence-corrected chi connectivity index (χ0v) is 16.2. The van der Waals surface area contributed by atoms with E-state index in [2.05, 4.69) is 20.9 Å². The molecular weight excluding hydrogens is 390 g/mol. The van der Waals surface area contributed by atoms with E-state index in [1.807, 2.05) is 12.1 Å². The van der Waals surface area contributed by atoms with Crippen molar-refractivity contribution < 1.29 is 9.59 Å². The minimum atomic E-state index is -0.298. The number of nitrogen functional groups attached to an aromatic ring is 1. The number of rotatable bonds is 6. The van der Waals surface area contributed by atoms with Gasteiger partial charge in [-0.3, -0.25) is 9.78 Å². The molecule has 0 aliphatic rings. The van der Waals surface area contributed by atoms with Crippen LogP contribution >= 0.6 is 11.6 Å². The molecule has 0 radical (unpaired) electrons. The largest absolute Gasteiger partial charge is 0.397 e. The summed E-state index contributed by atoms with van der Waals surface area (Å²) in [5, 5.41) is 8.75. The molecule has 29 heavy (non-hydrogen) atoms. The minimum Gasteiger partial charge on any atom is -0.397 e. The number of carbonyl (C=O) groups is 2. The lowest BCUT2D eigenvalue weighted by atomic mass is 10.1. The van der Waals surface area contributed by atoms with Crippen LogP contribution in [0, 0.1) is 0 Å². The van der Waals surface area contributed by atoms with Crippen molar-refractivity contribution >= 4 is 34.9 Å². The molecule has 1 heterocycles. The second kappa shape index (κ2) is 9.57. The molecule has 5 N–H and O–H groups in total. The van der Waals surface area contributed by atoms with Crippen LogP contribution in [-0.2, 0) is 13.1 Å². The number of benzene rings is 2. The first-order valence-corrected chi connectivity index (χ1v) is 9.25. The van der Waals surface area contributed by atoms with Crippen molar-refractivity contribution in [3.63, 3.8) is 0 Å². The number of hydrogen-bond donors (Lipinski definition) is 4. The van der Waals surface area contributed by atoms with Crippen molar-refractivity contribution in [2.45, 2.75) is 13.1 Å². The summed E-state index contributed by atoms with van der Waals surface area (Å²) in [5.41, 5.74) is 8.98. The second-order valence-corrected chi connectivity index (χ2v) is 6.72. The van der Waals surface area contributed by atoms with Gasteiger partial charge in [-0.05, 0) is 47.5 Å². The summed E-state index contributed by atoms with van der Waals surface area (Å²) in [6, 6.07) is 15.2. The summed E-state index contributed by atoms with van der Waals surface area (Å²) >= 11 is 5.94. The molecule has 0 aliphatic heterocycles. The van der Waals surface area contributed by atoms with E-state index >= 15 is 0 Å². The number of amides is 3. The maximum absolute atomic E-state index is 12.4. The first-order chi connectivity index (χ1) is 14.0. The van der Waals surface area contributed by atoms with E-state index in [0.29, 0.717) is 35.1 Å². The predicted octanol–water partition coefficient (Wildman–Crippen LogP) is 3.57. The monoisotopic (exact) mass is 409 g/mol. The number of nitrogens with zero attached hydrogens (tertiary/aromatic N) is 1. The Morgan fingerprint density at radius 2 is 1.69 bits per heavy atom. The van der Waals surface area contributed by atoms with Gasteiger partial charge in [0.25, 0.3) is 5.91 Å². The van der Waals surface area contributed by atoms with Crippen LogP contribution < -0.4 is 21.7 Å². The van der Waals surface area contributed by atoms with Gasteiger partial charge < -0.3 is 21.7 Å². The zero-order valence-electron chi connectivity index (χ0n) is 15.5. The molecule has 0 saturated carbocycles. The number of nitrogens with two attached hydrogens (primary N) is 1. The van der Waals surface area contributed by atoms with E-state index in [1.54, 1.807) is 54.9 Å². The van der Waals surface area contributed by atoms with Gasteiger partial charge in [0.05, 0.1) is 11.4 Å². The third-order valence-corrected chi connectivity index (χ3v) is 4.34. The molecule has 0 atom stereocenters. The lowest BCUT2D eigenvalue weighted by molar-refractivity contribution is 0.102. The van der Waals surface area contributed by atoms with Crippen LogP contribution in [0.3, 0.4) is 0 Å². The van der Waals surface area contributed by atoms with Gasteiger partial charge in [0.15, 0.2) is 0 Å². The van der Waals surface area contributed by atoms with E-state index in [9.17, 15) is 9.59 Å². The molecule has 2 aromatic carbocycles.